The summed E-state index contributed by atoms with van der Waals surface area (Å²) in [4.78, 5) is 10.7. The van der Waals surface area contributed by atoms with E-state index in [0.717, 1.165) is 19.3 Å². The second kappa shape index (κ2) is 3.72. The summed E-state index contributed by atoms with van der Waals surface area (Å²) < 4.78 is 4.69. The maximum Gasteiger partial charge on any atom is 0.335 e. The molecule has 1 fully saturated rings. The number of aliphatic hydroxyl groups is 1. The third-order valence-corrected chi connectivity index (χ3v) is 2.06. The molecule has 64 valence electrons. The Morgan fingerprint density at radius 2 is 2.45 bits per heavy atom. The molecular formula is C8H14O3. The summed E-state index contributed by atoms with van der Waals surface area (Å²) in [6.07, 6.45) is 2.18. The minimum absolute atomic E-state index is 0.0439. The normalized spacial score (nSPS) is 30.5. The number of carbonyl (C=O) groups is 1. The van der Waals surface area contributed by atoms with E-state index in [9.17, 15) is 9.90 Å². The van der Waals surface area contributed by atoms with Crippen LogP contribution in [-0.2, 0) is 9.53 Å². The molecule has 3 heteroatoms. The van der Waals surface area contributed by atoms with E-state index >= 15 is 0 Å². The minimum atomic E-state index is -0.860. The van der Waals surface area contributed by atoms with E-state index in [0.29, 0.717) is 6.61 Å². The van der Waals surface area contributed by atoms with Crippen molar-refractivity contribution in [2.45, 2.75) is 32.3 Å². The number of rotatable bonds is 3. The van der Waals surface area contributed by atoms with Gasteiger partial charge in [0.25, 0.3) is 0 Å². The third kappa shape index (κ3) is 1.93. The predicted octanol–water partition coefficient (Wildman–Crippen LogP) is 0.710. The van der Waals surface area contributed by atoms with Crippen LogP contribution in [0.15, 0.2) is 0 Å². The van der Waals surface area contributed by atoms with Gasteiger partial charge in [-0.15, -0.1) is 0 Å². The number of cyclic esters (lactones) is 1. The molecule has 1 aliphatic rings. The van der Waals surface area contributed by atoms with Gasteiger partial charge < -0.3 is 9.84 Å². The standard InChI is InChI=1S/C8H14O3/c1-2-3-4-6-5-11-8(10)7(6)9/h6-7,9H,2-5H2,1H3. The first-order valence-corrected chi connectivity index (χ1v) is 4.10. The van der Waals surface area contributed by atoms with Crippen LogP contribution in [-0.4, -0.2) is 23.8 Å². The van der Waals surface area contributed by atoms with Crippen LogP contribution in [0.5, 0.6) is 0 Å². The van der Waals surface area contributed by atoms with Crippen molar-refractivity contribution in [1.82, 2.24) is 0 Å². The summed E-state index contributed by atoms with van der Waals surface area (Å²) in [5, 5.41) is 9.21. The second-order valence-electron chi connectivity index (χ2n) is 2.98. The van der Waals surface area contributed by atoms with Crippen LogP contribution in [0.2, 0.25) is 0 Å². The van der Waals surface area contributed by atoms with Gasteiger partial charge in [0.05, 0.1) is 6.61 Å². The monoisotopic (exact) mass is 158 g/mol. The Kier molecular flexibility index (Phi) is 2.88. The van der Waals surface area contributed by atoms with Crippen LogP contribution < -0.4 is 0 Å². The quantitative estimate of drug-likeness (QED) is 0.615. The number of hydrogen-bond acceptors (Lipinski definition) is 3. The van der Waals surface area contributed by atoms with Crippen molar-refractivity contribution in [2.75, 3.05) is 6.61 Å². The average molecular weight is 158 g/mol. The fraction of sp³-hybridized carbons (Fsp3) is 0.875. The summed E-state index contributed by atoms with van der Waals surface area (Å²) in [6, 6.07) is 0. The molecule has 1 rings (SSSR count). The summed E-state index contributed by atoms with van der Waals surface area (Å²) >= 11 is 0. The van der Waals surface area contributed by atoms with E-state index < -0.39 is 12.1 Å². The van der Waals surface area contributed by atoms with Crippen molar-refractivity contribution in [3.8, 4) is 0 Å². The molecule has 0 saturated carbocycles. The lowest BCUT2D eigenvalue weighted by Gasteiger charge is -2.07. The van der Waals surface area contributed by atoms with Crippen LogP contribution >= 0.6 is 0 Å². The number of carbonyl (C=O) groups excluding carboxylic acids is 1. The van der Waals surface area contributed by atoms with Crippen molar-refractivity contribution in [2.24, 2.45) is 5.92 Å². The molecule has 1 N–H and O–H groups in total. The number of aliphatic hydroxyl groups excluding tert-OH is 1. The lowest BCUT2D eigenvalue weighted by Crippen LogP contribution is -2.21. The molecule has 0 aromatic rings. The van der Waals surface area contributed by atoms with Gasteiger partial charge in [0.15, 0.2) is 6.10 Å². The zero-order chi connectivity index (χ0) is 8.27. The average Bonchev–Trinajstić information content (AvgIpc) is 2.31. The second-order valence-corrected chi connectivity index (χ2v) is 2.98. The van der Waals surface area contributed by atoms with Gasteiger partial charge in [-0.2, -0.15) is 0 Å². The maximum atomic E-state index is 10.7. The van der Waals surface area contributed by atoms with Gasteiger partial charge >= 0.3 is 5.97 Å². The molecule has 1 heterocycles. The molecule has 11 heavy (non-hydrogen) atoms. The molecule has 0 bridgehead atoms. The molecule has 3 nitrogen and oxygen atoms in total. The first-order valence-electron chi connectivity index (χ1n) is 4.10. The third-order valence-electron chi connectivity index (χ3n) is 2.06. The van der Waals surface area contributed by atoms with Crippen LogP contribution in [0.3, 0.4) is 0 Å². The highest BCUT2D eigenvalue weighted by Crippen LogP contribution is 2.20. The number of hydrogen-bond donors (Lipinski definition) is 1. The zero-order valence-corrected chi connectivity index (χ0v) is 6.75. The van der Waals surface area contributed by atoms with Gasteiger partial charge in [-0.1, -0.05) is 19.8 Å². The zero-order valence-electron chi connectivity index (χ0n) is 6.75. The van der Waals surface area contributed by atoms with E-state index in [1.807, 2.05) is 0 Å². The van der Waals surface area contributed by atoms with Crippen molar-refractivity contribution in [1.29, 1.82) is 0 Å². The van der Waals surface area contributed by atoms with Gasteiger partial charge in [0.2, 0.25) is 0 Å². The van der Waals surface area contributed by atoms with Crippen molar-refractivity contribution in [3.05, 3.63) is 0 Å². The molecule has 2 atom stereocenters. The lowest BCUT2D eigenvalue weighted by molar-refractivity contribution is -0.144. The van der Waals surface area contributed by atoms with Gasteiger partial charge in [-0.3, -0.25) is 0 Å². The van der Waals surface area contributed by atoms with Crippen LogP contribution in [0.25, 0.3) is 0 Å². The van der Waals surface area contributed by atoms with Gasteiger partial charge in [-0.25, -0.2) is 4.79 Å². The Labute approximate surface area is 66.4 Å². The Morgan fingerprint density at radius 3 is 2.91 bits per heavy atom. The van der Waals surface area contributed by atoms with Crippen LogP contribution in [0, 0.1) is 5.92 Å². The summed E-state index contributed by atoms with van der Waals surface area (Å²) in [5.74, 6) is -0.409. The lowest BCUT2D eigenvalue weighted by atomic mass is 9.99. The Morgan fingerprint density at radius 1 is 1.73 bits per heavy atom. The molecular weight excluding hydrogens is 144 g/mol. The molecule has 0 amide bonds. The Bertz CT molecular complexity index is 144. The Balaban J connectivity index is 2.30. The largest absolute Gasteiger partial charge is 0.463 e. The Hall–Kier alpha value is -0.570. The molecule has 1 aliphatic heterocycles. The molecule has 1 saturated heterocycles. The SMILES string of the molecule is CCCCC1COC(=O)C1O. The molecule has 0 aromatic carbocycles. The van der Waals surface area contributed by atoms with Crippen LogP contribution in [0.1, 0.15) is 26.2 Å². The highest BCUT2D eigenvalue weighted by atomic mass is 16.6. The summed E-state index contributed by atoms with van der Waals surface area (Å²) in [6.45, 7) is 2.49. The number of esters is 1. The van der Waals surface area contributed by atoms with Crippen molar-refractivity contribution >= 4 is 5.97 Å². The van der Waals surface area contributed by atoms with E-state index in [1.54, 1.807) is 0 Å². The van der Waals surface area contributed by atoms with E-state index in [2.05, 4.69) is 11.7 Å². The van der Waals surface area contributed by atoms with E-state index in [4.69, 9.17) is 0 Å². The molecule has 0 aliphatic carbocycles. The molecule has 0 spiro atoms. The predicted molar refractivity (Wildman–Crippen MR) is 40.0 cm³/mol. The van der Waals surface area contributed by atoms with Crippen molar-refractivity contribution in [3.63, 3.8) is 0 Å². The fourth-order valence-electron chi connectivity index (χ4n) is 1.27. The van der Waals surface area contributed by atoms with Gasteiger partial charge in [-0.05, 0) is 6.42 Å². The van der Waals surface area contributed by atoms with E-state index in [1.165, 1.54) is 0 Å². The fourth-order valence-corrected chi connectivity index (χ4v) is 1.27. The van der Waals surface area contributed by atoms with Crippen LogP contribution in [0.4, 0.5) is 0 Å². The first-order chi connectivity index (χ1) is 5.25. The van der Waals surface area contributed by atoms with Gasteiger partial charge in [0, 0.05) is 5.92 Å². The minimum Gasteiger partial charge on any atom is -0.463 e. The highest BCUT2D eigenvalue weighted by molar-refractivity contribution is 5.76. The molecule has 0 radical (unpaired) electrons. The number of unbranched alkanes of at least 4 members (excludes halogenated alkanes) is 1. The smallest absolute Gasteiger partial charge is 0.335 e. The topological polar surface area (TPSA) is 46.5 Å². The summed E-state index contributed by atoms with van der Waals surface area (Å²) in [5.41, 5.74) is 0. The molecule has 0 aromatic heterocycles. The highest BCUT2D eigenvalue weighted by Gasteiger charge is 2.34. The van der Waals surface area contributed by atoms with Crippen molar-refractivity contribution < 1.29 is 14.6 Å². The maximum absolute atomic E-state index is 10.7. The summed E-state index contributed by atoms with van der Waals surface area (Å²) in [7, 11) is 0. The molecule has 2 unspecified atom stereocenters. The first kappa shape index (κ1) is 8.53. The van der Waals surface area contributed by atoms with Gasteiger partial charge in [0.1, 0.15) is 0 Å². The van der Waals surface area contributed by atoms with E-state index in [-0.39, 0.29) is 5.92 Å². The number of ether oxygens (including phenoxy) is 1.